The Kier molecular flexibility index (Phi) is 4.78. The maximum absolute atomic E-state index is 6.14. The fourth-order valence-electron chi connectivity index (χ4n) is 2.15. The molecule has 1 aliphatic heterocycles. The zero-order chi connectivity index (χ0) is 13.0. The van der Waals surface area contributed by atoms with Crippen LogP contribution >= 0.6 is 11.8 Å². The Morgan fingerprint density at radius 1 is 1.44 bits per heavy atom. The van der Waals surface area contributed by atoms with Gasteiger partial charge in [-0.05, 0) is 31.6 Å². The topological polar surface area (TPSA) is 44.5 Å². The van der Waals surface area contributed by atoms with Crippen molar-refractivity contribution in [3.63, 3.8) is 0 Å². The molecule has 0 amide bonds. The molecule has 0 spiro atoms. The predicted molar refractivity (Wildman–Crippen MR) is 76.6 cm³/mol. The minimum atomic E-state index is -0.0497. The van der Waals surface area contributed by atoms with Gasteiger partial charge in [0.15, 0.2) is 11.5 Å². The molecular formula is C14H21NO2S. The third-order valence-corrected chi connectivity index (χ3v) is 4.31. The van der Waals surface area contributed by atoms with E-state index in [9.17, 15) is 0 Å². The number of hydrogen-bond acceptors (Lipinski definition) is 4. The summed E-state index contributed by atoms with van der Waals surface area (Å²) in [5.41, 5.74) is 7.02. The van der Waals surface area contributed by atoms with E-state index in [1.54, 1.807) is 7.11 Å². The van der Waals surface area contributed by atoms with Gasteiger partial charge in [-0.1, -0.05) is 12.1 Å². The van der Waals surface area contributed by atoms with Crippen molar-refractivity contribution in [3.8, 4) is 11.5 Å². The fourth-order valence-corrected chi connectivity index (χ4v) is 3.18. The van der Waals surface area contributed by atoms with E-state index in [4.69, 9.17) is 15.2 Å². The summed E-state index contributed by atoms with van der Waals surface area (Å²) < 4.78 is 11.5. The lowest BCUT2D eigenvalue weighted by Crippen LogP contribution is -2.24. The number of rotatable bonds is 4. The molecule has 18 heavy (non-hydrogen) atoms. The highest BCUT2D eigenvalue weighted by Gasteiger charge is 2.20. The molecule has 0 aromatic heterocycles. The Morgan fingerprint density at radius 2 is 2.28 bits per heavy atom. The van der Waals surface area contributed by atoms with Crippen LogP contribution in [0, 0.1) is 0 Å². The molecule has 1 fully saturated rings. The van der Waals surface area contributed by atoms with E-state index < -0.39 is 0 Å². The molecule has 2 atom stereocenters. The molecular weight excluding hydrogens is 246 g/mol. The Hall–Kier alpha value is -0.870. The van der Waals surface area contributed by atoms with Crippen molar-refractivity contribution >= 4 is 11.8 Å². The molecule has 1 heterocycles. The molecule has 1 aromatic carbocycles. The number of hydrogen-bond donors (Lipinski definition) is 1. The Balaban J connectivity index is 2.22. The molecule has 2 rings (SSSR count). The molecule has 0 saturated carbocycles. The van der Waals surface area contributed by atoms with E-state index in [0.717, 1.165) is 29.2 Å². The van der Waals surface area contributed by atoms with Crippen LogP contribution in [-0.4, -0.2) is 24.7 Å². The highest BCUT2D eigenvalue weighted by molar-refractivity contribution is 7.99. The third kappa shape index (κ3) is 3.12. The number of ether oxygens (including phenoxy) is 2. The van der Waals surface area contributed by atoms with Crippen molar-refractivity contribution in [3.05, 3.63) is 23.8 Å². The summed E-state index contributed by atoms with van der Waals surface area (Å²) in [6.07, 6.45) is 2.61. The number of benzene rings is 1. The van der Waals surface area contributed by atoms with Crippen molar-refractivity contribution in [2.75, 3.05) is 18.6 Å². The van der Waals surface area contributed by atoms with Crippen LogP contribution in [0.15, 0.2) is 18.2 Å². The molecule has 1 aliphatic rings. The molecule has 1 saturated heterocycles. The molecule has 0 aliphatic carbocycles. The van der Waals surface area contributed by atoms with Crippen LogP contribution in [0.5, 0.6) is 11.5 Å². The number of nitrogens with two attached hydrogens (primary N) is 1. The highest BCUT2D eigenvalue weighted by Crippen LogP contribution is 2.36. The van der Waals surface area contributed by atoms with Crippen molar-refractivity contribution in [1.29, 1.82) is 0 Å². The molecule has 2 unspecified atom stereocenters. The first-order chi connectivity index (χ1) is 8.72. The van der Waals surface area contributed by atoms with Crippen molar-refractivity contribution in [2.24, 2.45) is 5.73 Å². The average Bonchev–Trinajstić information content (AvgIpc) is 2.40. The number of thioether (sulfide) groups is 1. The van der Waals surface area contributed by atoms with E-state index in [0.29, 0.717) is 0 Å². The summed E-state index contributed by atoms with van der Waals surface area (Å²) in [7, 11) is 1.67. The van der Waals surface area contributed by atoms with Crippen LogP contribution in [-0.2, 0) is 0 Å². The van der Waals surface area contributed by atoms with Crippen LogP contribution < -0.4 is 15.2 Å². The van der Waals surface area contributed by atoms with Gasteiger partial charge in [-0.25, -0.2) is 0 Å². The predicted octanol–water partition coefficient (Wildman–Crippen LogP) is 2.99. The molecule has 1 aromatic rings. The minimum absolute atomic E-state index is 0.0497. The summed E-state index contributed by atoms with van der Waals surface area (Å²) in [6, 6.07) is 5.85. The summed E-state index contributed by atoms with van der Waals surface area (Å²) in [5, 5.41) is 0. The average molecular weight is 267 g/mol. The van der Waals surface area contributed by atoms with Crippen LogP contribution in [0.4, 0.5) is 0 Å². The monoisotopic (exact) mass is 267 g/mol. The van der Waals surface area contributed by atoms with Gasteiger partial charge < -0.3 is 15.2 Å². The maximum atomic E-state index is 6.14. The van der Waals surface area contributed by atoms with Gasteiger partial charge in [0.25, 0.3) is 0 Å². The highest BCUT2D eigenvalue weighted by atomic mass is 32.2. The van der Waals surface area contributed by atoms with Gasteiger partial charge in [-0.15, -0.1) is 0 Å². The number of methoxy groups -OCH3 is 1. The first kappa shape index (κ1) is 13.6. The molecule has 0 radical (unpaired) electrons. The second kappa shape index (κ2) is 6.34. The summed E-state index contributed by atoms with van der Waals surface area (Å²) >= 11 is 1.95. The summed E-state index contributed by atoms with van der Waals surface area (Å²) in [6.45, 7) is 1.97. The van der Waals surface area contributed by atoms with Gasteiger partial charge in [0.2, 0.25) is 0 Å². The standard InChI is InChI=1S/C14H21NO2S/c1-10(15)12-6-3-7-13(16-2)14(12)17-11-5-4-8-18-9-11/h3,6-7,10-11H,4-5,8-9,15H2,1-2H3. The second-order valence-electron chi connectivity index (χ2n) is 4.62. The van der Waals surface area contributed by atoms with E-state index in [1.807, 2.05) is 36.9 Å². The smallest absolute Gasteiger partial charge is 0.166 e. The van der Waals surface area contributed by atoms with Gasteiger partial charge in [0.05, 0.1) is 7.11 Å². The van der Waals surface area contributed by atoms with Crippen molar-refractivity contribution in [2.45, 2.75) is 31.9 Å². The molecule has 100 valence electrons. The largest absolute Gasteiger partial charge is 0.493 e. The first-order valence-electron chi connectivity index (χ1n) is 6.39. The SMILES string of the molecule is COc1cccc(C(C)N)c1OC1CCCSC1. The van der Waals surface area contributed by atoms with Crippen molar-refractivity contribution in [1.82, 2.24) is 0 Å². The van der Waals surface area contributed by atoms with Crippen LogP contribution in [0.25, 0.3) is 0 Å². The lowest BCUT2D eigenvalue weighted by molar-refractivity contribution is 0.199. The van der Waals surface area contributed by atoms with E-state index in [1.165, 1.54) is 12.2 Å². The zero-order valence-electron chi connectivity index (χ0n) is 11.0. The summed E-state index contributed by atoms with van der Waals surface area (Å²) in [5.74, 6) is 3.89. The van der Waals surface area contributed by atoms with Crippen LogP contribution in [0.2, 0.25) is 0 Å². The maximum Gasteiger partial charge on any atom is 0.166 e. The van der Waals surface area contributed by atoms with Gasteiger partial charge in [-0.3, -0.25) is 0 Å². The minimum Gasteiger partial charge on any atom is -0.493 e. The summed E-state index contributed by atoms with van der Waals surface area (Å²) in [4.78, 5) is 0. The van der Waals surface area contributed by atoms with Crippen LogP contribution in [0.1, 0.15) is 31.4 Å². The Bertz CT molecular complexity index is 389. The molecule has 2 N–H and O–H groups in total. The normalized spacial score (nSPS) is 21.4. The lowest BCUT2D eigenvalue weighted by Gasteiger charge is -2.25. The Labute approximate surface area is 113 Å². The first-order valence-corrected chi connectivity index (χ1v) is 7.54. The van der Waals surface area contributed by atoms with Gasteiger partial charge in [0, 0.05) is 17.4 Å². The molecule has 4 heteroatoms. The van der Waals surface area contributed by atoms with E-state index in [-0.39, 0.29) is 12.1 Å². The number of para-hydroxylation sites is 1. The van der Waals surface area contributed by atoms with Crippen LogP contribution in [0.3, 0.4) is 0 Å². The molecule has 0 bridgehead atoms. The third-order valence-electron chi connectivity index (χ3n) is 3.12. The lowest BCUT2D eigenvalue weighted by atomic mass is 10.1. The van der Waals surface area contributed by atoms with Gasteiger partial charge in [-0.2, -0.15) is 11.8 Å². The van der Waals surface area contributed by atoms with Crippen molar-refractivity contribution < 1.29 is 9.47 Å². The van der Waals surface area contributed by atoms with E-state index in [2.05, 4.69) is 0 Å². The molecule has 3 nitrogen and oxygen atoms in total. The fraction of sp³-hybridized carbons (Fsp3) is 0.571. The second-order valence-corrected chi connectivity index (χ2v) is 5.77. The Morgan fingerprint density at radius 3 is 2.89 bits per heavy atom. The quantitative estimate of drug-likeness (QED) is 0.911. The zero-order valence-corrected chi connectivity index (χ0v) is 11.8. The van der Waals surface area contributed by atoms with Gasteiger partial charge in [0.1, 0.15) is 6.10 Å². The van der Waals surface area contributed by atoms with Gasteiger partial charge >= 0.3 is 0 Å². The van der Waals surface area contributed by atoms with E-state index >= 15 is 0 Å².